The largest absolute Gasteiger partial charge is 0.377 e. The van der Waals surface area contributed by atoms with Gasteiger partial charge in [-0.05, 0) is 36.8 Å². The highest BCUT2D eigenvalue weighted by Crippen LogP contribution is 2.22. The summed E-state index contributed by atoms with van der Waals surface area (Å²) in [5, 5.41) is 2.57. The summed E-state index contributed by atoms with van der Waals surface area (Å²) in [6.45, 7) is 2.14. The molecule has 2 aromatic carbocycles. The van der Waals surface area contributed by atoms with E-state index in [1.54, 1.807) is 0 Å². The van der Waals surface area contributed by atoms with Crippen LogP contribution in [-0.4, -0.2) is 14.1 Å². The molecule has 1 heterocycles. The van der Waals surface area contributed by atoms with E-state index in [9.17, 15) is 0 Å². The molecule has 0 saturated heterocycles. The highest BCUT2D eigenvalue weighted by Gasteiger charge is 2.12. The molecule has 0 fully saturated rings. The van der Waals surface area contributed by atoms with Gasteiger partial charge >= 0.3 is 0 Å². The van der Waals surface area contributed by atoms with Crippen LogP contribution in [-0.2, 0) is 7.05 Å². The Kier molecular flexibility index (Phi) is 2.67. The number of hydrogen-bond acceptors (Lipinski definition) is 1. The van der Waals surface area contributed by atoms with Gasteiger partial charge in [-0.3, -0.25) is 0 Å². The lowest BCUT2D eigenvalue weighted by atomic mass is 10.1. The molecule has 0 unspecified atom stereocenters. The molecule has 0 N–H and O–H groups in total. The number of benzene rings is 2. The molecule has 0 amide bonds. The number of aryl methyl sites for hydroxylation is 2. The Hall–Kier alpha value is -2.09. The standard InChI is InChI=1S/C17H19N2/c1-12-5-6-13-10-14-7-8-15(18(2)3)11-17(14)19(4)16(13)9-12/h5-11H,1-4H3/q+1. The fraction of sp³-hybridized carbons (Fsp3) is 0.235. The summed E-state index contributed by atoms with van der Waals surface area (Å²) >= 11 is 0. The van der Waals surface area contributed by atoms with E-state index in [1.807, 2.05) is 0 Å². The number of hydrogen-bond donors (Lipinski definition) is 0. The second kappa shape index (κ2) is 4.23. The Bertz CT molecular complexity index is 773. The number of pyridine rings is 1. The smallest absolute Gasteiger partial charge is 0.214 e. The third kappa shape index (κ3) is 1.93. The third-order valence-corrected chi connectivity index (χ3v) is 3.75. The minimum atomic E-state index is 1.23. The molecule has 2 heteroatoms. The maximum atomic E-state index is 2.28. The molecule has 0 saturated carbocycles. The van der Waals surface area contributed by atoms with Gasteiger partial charge in [-0.15, -0.1) is 0 Å². The van der Waals surface area contributed by atoms with Gasteiger partial charge in [0.05, 0.1) is 0 Å². The average Bonchev–Trinajstić information content (AvgIpc) is 2.39. The molecule has 2 nitrogen and oxygen atoms in total. The topological polar surface area (TPSA) is 7.12 Å². The van der Waals surface area contributed by atoms with Gasteiger partial charge < -0.3 is 4.90 Å². The van der Waals surface area contributed by atoms with Crippen LogP contribution in [0.15, 0.2) is 42.5 Å². The Balaban J connectivity index is 2.41. The van der Waals surface area contributed by atoms with E-state index >= 15 is 0 Å². The first-order chi connectivity index (χ1) is 9.06. The maximum absolute atomic E-state index is 2.28. The van der Waals surface area contributed by atoms with Gasteiger partial charge in [0.1, 0.15) is 7.05 Å². The van der Waals surface area contributed by atoms with E-state index in [4.69, 9.17) is 0 Å². The van der Waals surface area contributed by atoms with Crippen molar-refractivity contribution >= 4 is 27.5 Å². The van der Waals surface area contributed by atoms with Crippen molar-refractivity contribution in [1.29, 1.82) is 0 Å². The fourth-order valence-corrected chi connectivity index (χ4v) is 2.59. The van der Waals surface area contributed by atoms with Crippen LogP contribution in [0, 0.1) is 6.92 Å². The van der Waals surface area contributed by atoms with Crippen LogP contribution in [0.25, 0.3) is 21.8 Å². The van der Waals surface area contributed by atoms with Crippen molar-refractivity contribution in [3.8, 4) is 0 Å². The highest BCUT2D eigenvalue weighted by atomic mass is 15.1. The lowest BCUT2D eigenvalue weighted by Gasteiger charge is -2.12. The molecule has 3 aromatic rings. The van der Waals surface area contributed by atoms with Gasteiger partial charge in [0.2, 0.25) is 11.0 Å². The zero-order valence-electron chi connectivity index (χ0n) is 11.9. The minimum Gasteiger partial charge on any atom is -0.377 e. The van der Waals surface area contributed by atoms with Crippen LogP contribution in [0.5, 0.6) is 0 Å². The normalized spacial score (nSPS) is 11.2. The first kappa shape index (κ1) is 12.0. The third-order valence-electron chi connectivity index (χ3n) is 3.75. The summed E-state index contributed by atoms with van der Waals surface area (Å²) in [6.07, 6.45) is 0. The van der Waals surface area contributed by atoms with Crippen LogP contribution in [0.2, 0.25) is 0 Å². The molecular weight excluding hydrogens is 232 g/mol. The van der Waals surface area contributed by atoms with Gasteiger partial charge in [0.15, 0.2) is 0 Å². The lowest BCUT2D eigenvalue weighted by molar-refractivity contribution is -0.617. The van der Waals surface area contributed by atoms with Crippen molar-refractivity contribution in [3.63, 3.8) is 0 Å². The van der Waals surface area contributed by atoms with Crippen molar-refractivity contribution in [2.75, 3.05) is 19.0 Å². The molecule has 96 valence electrons. The summed E-state index contributed by atoms with van der Waals surface area (Å²) in [5.74, 6) is 0. The molecule has 0 bridgehead atoms. The quantitative estimate of drug-likeness (QED) is 0.476. The molecule has 3 rings (SSSR count). The summed E-state index contributed by atoms with van der Waals surface area (Å²) in [5.41, 5.74) is 5.08. The van der Waals surface area contributed by atoms with Gasteiger partial charge in [-0.25, -0.2) is 0 Å². The van der Waals surface area contributed by atoms with Gasteiger partial charge in [-0.1, -0.05) is 6.07 Å². The van der Waals surface area contributed by atoms with E-state index in [0.29, 0.717) is 0 Å². The molecule has 1 aromatic heterocycles. The predicted molar refractivity (Wildman–Crippen MR) is 81.7 cm³/mol. The van der Waals surface area contributed by atoms with Crippen molar-refractivity contribution < 1.29 is 4.57 Å². The van der Waals surface area contributed by atoms with Crippen LogP contribution in [0.3, 0.4) is 0 Å². The lowest BCUT2D eigenvalue weighted by Crippen LogP contribution is -2.30. The molecule has 0 aliphatic rings. The van der Waals surface area contributed by atoms with Crippen molar-refractivity contribution in [2.45, 2.75) is 6.92 Å². The average molecular weight is 251 g/mol. The number of nitrogens with zero attached hydrogens (tertiary/aromatic N) is 2. The Morgan fingerprint density at radius 1 is 0.842 bits per heavy atom. The predicted octanol–water partition coefficient (Wildman–Crippen LogP) is 3.19. The summed E-state index contributed by atoms with van der Waals surface area (Å²) in [6, 6.07) is 15.5. The monoisotopic (exact) mass is 251 g/mol. The van der Waals surface area contributed by atoms with E-state index in [-0.39, 0.29) is 0 Å². The number of aromatic nitrogens is 1. The summed E-state index contributed by atoms with van der Waals surface area (Å²) in [4.78, 5) is 2.14. The van der Waals surface area contributed by atoms with Crippen LogP contribution in [0.4, 0.5) is 5.69 Å². The number of fused-ring (bicyclic) bond motifs is 2. The first-order valence-corrected chi connectivity index (χ1v) is 6.57. The van der Waals surface area contributed by atoms with E-state index < -0.39 is 0 Å². The molecule has 0 aliphatic carbocycles. The van der Waals surface area contributed by atoms with Crippen LogP contribution in [0.1, 0.15) is 5.56 Å². The Morgan fingerprint density at radius 2 is 1.47 bits per heavy atom. The van der Waals surface area contributed by atoms with Crippen molar-refractivity contribution in [3.05, 3.63) is 48.0 Å². The van der Waals surface area contributed by atoms with Crippen LogP contribution < -0.4 is 9.47 Å². The highest BCUT2D eigenvalue weighted by molar-refractivity contribution is 5.90. The zero-order chi connectivity index (χ0) is 13.6. The molecule has 0 radical (unpaired) electrons. The molecule has 19 heavy (non-hydrogen) atoms. The summed E-state index contributed by atoms with van der Waals surface area (Å²) < 4.78 is 2.28. The first-order valence-electron chi connectivity index (χ1n) is 6.57. The SMILES string of the molecule is Cc1ccc2cc3ccc(N(C)C)cc3[n+](C)c2c1. The second-order valence-electron chi connectivity index (χ2n) is 5.40. The van der Waals surface area contributed by atoms with E-state index in [0.717, 1.165) is 0 Å². The van der Waals surface area contributed by atoms with Crippen molar-refractivity contribution in [2.24, 2.45) is 7.05 Å². The van der Waals surface area contributed by atoms with Gasteiger partial charge in [0.25, 0.3) is 0 Å². The van der Waals surface area contributed by atoms with Gasteiger partial charge in [-0.2, -0.15) is 4.57 Å². The minimum absolute atomic E-state index is 1.23. The van der Waals surface area contributed by atoms with Gasteiger partial charge in [0, 0.05) is 42.7 Å². The number of rotatable bonds is 1. The molecule has 0 atom stereocenters. The van der Waals surface area contributed by atoms with Crippen molar-refractivity contribution in [1.82, 2.24) is 0 Å². The Morgan fingerprint density at radius 3 is 2.16 bits per heavy atom. The molecular formula is C17H19N2+. The second-order valence-corrected chi connectivity index (χ2v) is 5.40. The zero-order valence-corrected chi connectivity index (χ0v) is 11.9. The molecule has 0 aliphatic heterocycles. The van der Waals surface area contributed by atoms with Crippen LogP contribution >= 0.6 is 0 Å². The maximum Gasteiger partial charge on any atom is 0.214 e. The number of anilines is 1. The molecule has 0 spiro atoms. The Labute approximate surface area is 113 Å². The fourth-order valence-electron chi connectivity index (χ4n) is 2.59. The summed E-state index contributed by atoms with van der Waals surface area (Å²) in [7, 11) is 6.29. The van der Waals surface area contributed by atoms with E-state index in [1.165, 1.54) is 33.1 Å². The van der Waals surface area contributed by atoms with E-state index in [2.05, 4.69) is 80.0 Å².